The largest absolute Gasteiger partial charge is 0.501 e. The van der Waals surface area contributed by atoms with Crippen molar-refractivity contribution in [3.63, 3.8) is 0 Å². The van der Waals surface area contributed by atoms with Crippen molar-refractivity contribution >= 4 is 17.6 Å². The van der Waals surface area contributed by atoms with E-state index in [1.807, 2.05) is 11.9 Å². The van der Waals surface area contributed by atoms with Crippen LogP contribution in [0, 0.1) is 5.82 Å². The molecule has 0 saturated heterocycles. The van der Waals surface area contributed by atoms with Crippen molar-refractivity contribution in [1.29, 1.82) is 0 Å². The van der Waals surface area contributed by atoms with Crippen molar-refractivity contribution in [3.8, 4) is 5.75 Å². The summed E-state index contributed by atoms with van der Waals surface area (Å²) in [5, 5.41) is 10.7. The number of nitrogens with zero attached hydrogens (tertiary/aromatic N) is 4. The molecule has 0 spiro atoms. The van der Waals surface area contributed by atoms with Crippen molar-refractivity contribution in [2.45, 2.75) is 77.5 Å². The Bertz CT molecular complexity index is 1280. The third-order valence-electron chi connectivity index (χ3n) is 6.74. The zero-order chi connectivity index (χ0) is 28.9. The van der Waals surface area contributed by atoms with Crippen LogP contribution < -0.4 is 10.5 Å². The minimum absolute atomic E-state index is 0.0516. The topological polar surface area (TPSA) is 105 Å². The van der Waals surface area contributed by atoms with Gasteiger partial charge in [-0.3, -0.25) is 14.2 Å². The Morgan fingerprint density at radius 1 is 1.28 bits per heavy atom. The first-order valence-electron chi connectivity index (χ1n) is 13.3. The summed E-state index contributed by atoms with van der Waals surface area (Å²) in [5.41, 5.74) is -0.329. The highest BCUT2D eigenvalue weighted by Gasteiger charge is 2.33. The highest BCUT2D eigenvalue weighted by molar-refractivity contribution is 5.96. The highest BCUT2D eigenvalue weighted by atomic mass is 19.1. The predicted octanol–water partition coefficient (Wildman–Crippen LogP) is 5.01. The van der Waals surface area contributed by atoms with Gasteiger partial charge in [0.1, 0.15) is 17.2 Å². The van der Waals surface area contributed by atoms with Crippen LogP contribution in [-0.2, 0) is 17.7 Å². The van der Waals surface area contributed by atoms with E-state index in [9.17, 15) is 23.9 Å². The molecule has 0 bridgehead atoms. The van der Waals surface area contributed by atoms with Gasteiger partial charge >= 0.3 is 6.09 Å². The van der Waals surface area contributed by atoms with Gasteiger partial charge in [-0.15, -0.1) is 6.58 Å². The van der Waals surface area contributed by atoms with Crippen molar-refractivity contribution in [2.75, 3.05) is 25.5 Å². The minimum Gasteiger partial charge on any atom is -0.501 e. The predicted molar refractivity (Wildman–Crippen MR) is 148 cm³/mol. The fraction of sp³-hybridized carbons (Fsp3) is 0.517. The average Bonchev–Trinajstić information content (AvgIpc) is 3.09. The number of amides is 1. The van der Waals surface area contributed by atoms with E-state index in [1.165, 1.54) is 21.6 Å². The smallest absolute Gasteiger partial charge is 0.410 e. The van der Waals surface area contributed by atoms with Crippen molar-refractivity contribution in [1.82, 2.24) is 14.5 Å². The maximum Gasteiger partial charge on any atom is 0.410 e. The van der Waals surface area contributed by atoms with Crippen LogP contribution in [-0.4, -0.2) is 57.7 Å². The SMILES string of the molecule is C=CCCN(C)c1cc(F)ccc1CCC(=O)c1nc2n(c(=O)c1O)CCCCC2N(C)C(=O)OC(C)(C)C. The third-order valence-corrected chi connectivity index (χ3v) is 6.74. The Kier molecular flexibility index (Phi) is 9.53. The number of rotatable bonds is 9. The first-order chi connectivity index (χ1) is 18.3. The number of hydrogen-bond donors (Lipinski definition) is 1. The van der Waals surface area contributed by atoms with Gasteiger partial charge in [0.25, 0.3) is 5.56 Å². The summed E-state index contributed by atoms with van der Waals surface area (Å²) in [6, 6.07) is 3.79. The van der Waals surface area contributed by atoms with Crippen molar-refractivity contribution in [3.05, 3.63) is 64.1 Å². The van der Waals surface area contributed by atoms with E-state index in [0.717, 1.165) is 12.0 Å². The number of fused-ring (bicyclic) bond motifs is 1. The quantitative estimate of drug-likeness (QED) is 0.351. The second kappa shape index (κ2) is 12.4. The Morgan fingerprint density at radius 3 is 2.67 bits per heavy atom. The number of aromatic nitrogens is 2. The number of benzene rings is 1. The van der Waals surface area contributed by atoms with Gasteiger partial charge in [-0.05, 0) is 70.6 Å². The van der Waals surface area contributed by atoms with Gasteiger partial charge < -0.3 is 19.6 Å². The second-order valence-electron chi connectivity index (χ2n) is 10.9. The van der Waals surface area contributed by atoms with Gasteiger partial charge in [-0.25, -0.2) is 14.2 Å². The summed E-state index contributed by atoms with van der Waals surface area (Å²) in [4.78, 5) is 47.0. The second-order valence-corrected chi connectivity index (χ2v) is 10.9. The molecule has 1 N–H and O–H groups in total. The molecular weight excluding hydrogens is 503 g/mol. The monoisotopic (exact) mass is 542 g/mol. The number of hydrogen-bond acceptors (Lipinski definition) is 7. The Morgan fingerprint density at radius 2 is 2.00 bits per heavy atom. The number of anilines is 1. The van der Waals surface area contributed by atoms with Crippen LogP contribution in [0.15, 0.2) is 35.6 Å². The Hall–Kier alpha value is -3.69. The van der Waals surface area contributed by atoms with Crippen LogP contribution in [0.25, 0.3) is 0 Å². The van der Waals surface area contributed by atoms with E-state index in [-0.39, 0.29) is 30.2 Å². The number of ether oxygens (including phenoxy) is 1. The van der Waals surface area contributed by atoms with Gasteiger partial charge in [0.15, 0.2) is 11.5 Å². The molecule has 1 aromatic carbocycles. The number of halogens is 1. The molecule has 1 aliphatic rings. The van der Waals surface area contributed by atoms with Crippen LogP contribution in [0.2, 0.25) is 0 Å². The standard InChI is InChI=1S/C29H39FN4O5/c1-7-8-16-32(5)22-18-20(30)14-12-19(22)13-15-23(35)24-25(36)27(37)34-17-10-9-11-21(26(34)31-24)33(6)28(38)39-29(2,3)4/h7,12,14,18,21,36H,1,8-11,13,15-17H2,2-6H3. The molecule has 0 radical (unpaired) electrons. The summed E-state index contributed by atoms with van der Waals surface area (Å²) >= 11 is 0. The summed E-state index contributed by atoms with van der Waals surface area (Å²) in [7, 11) is 3.42. The molecule has 0 aliphatic carbocycles. The number of ketones is 1. The molecule has 39 heavy (non-hydrogen) atoms. The molecule has 3 rings (SSSR count). The summed E-state index contributed by atoms with van der Waals surface area (Å²) < 4.78 is 20.9. The maximum atomic E-state index is 14.0. The maximum absolute atomic E-state index is 14.0. The molecule has 0 fully saturated rings. The van der Waals surface area contributed by atoms with E-state index >= 15 is 0 Å². The Balaban J connectivity index is 1.92. The average molecular weight is 543 g/mol. The lowest BCUT2D eigenvalue weighted by atomic mass is 10.0. The van der Waals surface area contributed by atoms with Crippen LogP contribution in [0.4, 0.5) is 14.9 Å². The van der Waals surface area contributed by atoms with E-state index < -0.39 is 34.8 Å². The fourth-order valence-corrected chi connectivity index (χ4v) is 4.67. The lowest BCUT2D eigenvalue weighted by Gasteiger charge is -2.30. The van der Waals surface area contributed by atoms with E-state index in [1.54, 1.807) is 40.0 Å². The van der Waals surface area contributed by atoms with E-state index in [2.05, 4.69) is 11.6 Å². The fourth-order valence-electron chi connectivity index (χ4n) is 4.67. The molecule has 2 heterocycles. The molecule has 1 unspecified atom stereocenters. The van der Waals surface area contributed by atoms with Crippen LogP contribution in [0.5, 0.6) is 5.75 Å². The third kappa shape index (κ3) is 7.25. The molecular formula is C29H39FN4O5. The van der Waals surface area contributed by atoms with Gasteiger partial charge in [0.2, 0.25) is 5.75 Å². The molecule has 9 nitrogen and oxygen atoms in total. The normalized spacial score (nSPS) is 15.2. The summed E-state index contributed by atoms with van der Waals surface area (Å²) in [5.74, 6) is -1.35. The van der Waals surface area contributed by atoms with Gasteiger partial charge in [0, 0.05) is 39.3 Å². The number of carbonyl (C=O) groups is 2. The zero-order valence-corrected chi connectivity index (χ0v) is 23.5. The van der Waals surface area contributed by atoms with Gasteiger partial charge in [-0.2, -0.15) is 0 Å². The molecule has 1 amide bonds. The van der Waals surface area contributed by atoms with E-state index in [0.29, 0.717) is 38.0 Å². The molecule has 10 heteroatoms. The molecule has 1 atom stereocenters. The number of carbonyl (C=O) groups excluding carboxylic acids is 2. The molecule has 212 valence electrons. The lowest BCUT2D eigenvalue weighted by Crippen LogP contribution is -2.39. The van der Waals surface area contributed by atoms with Gasteiger partial charge in [-0.1, -0.05) is 12.1 Å². The first-order valence-corrected chi connectivity index (χ1v) is 13.3. The minimum atomic E-state index is -0.710. The molecule has 0 saturated carbocycles. The van der Waals surface area contributed by atoms with Crippen LogP contribution in [0.3, 0.4) is 0 Å². The lowest BCUT2D eigenvalue weighted by molar-refractivity contribution is 0.0202. The molecule has 1 aliphatic heterocycles. The zero-order valence-electron chi connectivity index (χ0n) is 23.5. The summed E-state index contributed by atoms with van der Waals surface area (Å²) in [6.45, 7) is 9.96. The van der Waals surface area contributed by atoms with Crippen LogP contribution in [0.1, 0.15) is 80.8 Å². The van der Waals surface area contributed by atoms with Gasteiger partial charge in [0.05, 0.1) is 6.04 Å². The number of aryl methyl sites for hydroxylation is 1. The summed E-state index contributed by atoms with van der Waals surface area (Å²) in [6.07, 6.45) is 4.03. The number of aromatic hydroxyl groups is 1. The number of Topliss-reactive ketones (excluding diaryl/α,β-unsaturated/α-hetero) is 1. The van der Waals surface area contributed by atoms with Crippen LogP contribution >= 0.6 is 0 Å². The molecule has 1 aromatic heterocycles. The highest BCUT2D eigenvalue weighted by Crippen LogP contribution is 2.30. The first kappa shape index (κ1) is 29.9. The van der Waals surface area contributed by atoms with Crippen molar-refractivity contribution < 1.29 is 23.8 Å². The van der Waals surface area contributed by atoms with E-state index in [4.69, 9.17) is 4.74 Å². The Labute approximate surface area is 228 Å². The molecule has 2 aromatic rings. The van der Waals surface area contributed by atoms with Crippen molar-refractivity contribution in [2.24, 2.45) is 0 Å².